The highest BCUT2D eigenvalue weighted by atomic mass is 16.6. The molecule has 1 aliphatic rings. The standard InChI is InChI=1S/C13H16N2O3/c16-15(17)11-13(14-6-8-18-9-7-14)10-12-4-2-1-3-5-12/h1-5,11H,6-10H2/b13-11-. The summed E-state index contributed by atoms with van der Waals surface area (Å²) in [5.74, 6) is 0. The number of morpholine rings is 1. The predicted octanol–water partition coefficient (Wildman–Crippen LogP) is 1.68. The number of allylic oxidation sites excluding steroid dienone is 1. The minimum absolute atomic E-state index is 0.381. The van der Waals surface area contributed by atoms with Crippen LogP contribution in [0.4, 0.5) is 0 Å². The Labute approximate surface area is 106 Å². The van der Waals surface area contributed by atoms with Crippen molar-refractivity contribution in [2.24, 2.45) is 0 Å². The lowest BCUT2D eigenvalue weighted by atomic mass is 10.1. The normalized spacial score (nSPS) is 16.7. The van der Waals surface area contributed by atoms with Gasteiger partial charge in [0.1, 0.15) is 0 Å². The molecule has 0 amide bonds. The molecule has 0 radical (unpaired) electrons. The third-order valence-electron chi connectivity index (χ3n) is 2.90. The van der Waals surface area contributed by atoms with Crippen LogP contribution >= 0.6 is 0 Å². The molecule has 0 bridgehead atoms. The summed E-state index contributed by atoms with van der Waals surface area (Å²) < 4.78 is 5.27. The molecule has 1 saturated heterocycles. The SMILES string of the molecule is O=[N+]([O-])/C=C(/Cc1ccccc1)N1CCOCC1. The second kappa shape index (κ2) is 6.16. The lowest BCUT2D eigenvalue weighted by Crippen LogP contribution is -2.36. The summed E-state index contributed by atoms with van der Waals surface area (Å²) in [6.45, 7) is 2.69. The number of hydrogen-bond acceptors (Lipinski definition) is 4. The Bertz CT molecular complexity index is 425. The fourth-order valence-electron chi connectivity index (χ4n) is 2.02. The molecule has 0 aliphatic carbocycles. The van der Waals surface area contributed by atoms with Gasteiger partial charge in [-0.25, -0.2) is 0 Å². The van der Waals surface area contributed by atoms with Crippen molar-refractivity contribution in [3.8, 4) is 0 Å². The molecule has 5 nitrogen and oxygen atoms in total. The topological polar surface area (TPSA) is 55.6 Å². The molecule has 0 spiro atoms. The van der Waals surface area contributed by atoms with Crippen molar-refractivity contribution in [3.05, 3.63) is 57.9 Å². The van der Waals surface area contributed by atoms with Crippen LogP contribution in [-0.2, 0) is 11.2 Å². The van der Waals surface area contributed by atoms with Crippen molar-refractivity contribution >= 4 is 0 Å². The van der Waals surface area contributed by atoms with Crippen molar-refractivity contribution in [2.75, 3.05) is 26.3 Å². The van der Waals surface area contributed by atoms with Gasteiger partial charge in [-0.15, -0.1) is 0 Å². The molecule has 1 aromatic carbocycles. The second-order valence-corrected chi connectivity index (χ2v) is 4.17. The average Bonchev–Trinajstić information content (AvgIpc) is 2.40. The molecular weight excluding hydrogens is 232 g/mol. The van der Waals surface area contributed by atoms with Gasteiger partial charge >= 0.3 is 0 Å². The van der Waals surface area contributed by atoms with Crippen molar-refractivity contribution in [1.29, 1.82) is 0 Å². The third kappa shape index (κ3) is 3.56. The summed E-state index contributed by atoms with van der Waals surface area (Å²) in [5, 5.41) is 10.7. The van der Waals surface area contributed by atoms with Crippen LogP contribution in [0.3, 0.4) is 0 Å². The van der Waals surface area contributed by atoms with Gasteiger partial charge in [-0.05, 0) is 5.56 Å². The zero-order valence-corrected chi connectivity index (χ0v) is 10.1. The summed E-state index contributed by atoms with van der Waals surface area (Å²) in [7, 11) is 0. The number of benzene rings is 1. The van der Waals surface area contributed by atoms with Gasteiger partial charge in [0.25, 0.3) is 6.20 Å². The second-order valence-electron chi connectivity index (χ2n) is 4.17. The van der Waals surface area contributed by atoms with E-state index in [1.807, 2.05) is 35.2 Å². The van der Waals surface area contributed by atoms with Gasteiger partial charge in [-0.3, -0.25) is 10.1 Å². The molecule has 0 unspecified atom stereocenters. The van der Waals surface area contributed by atoms with Crippen LogP contribution in [0, 0.1) is 10.1 Å². The summed E-state index contributed by atoms with van der Waals surface area (Å²) in [6.07, 6.45) is 1.69. The van der Waals surface area contributed by atoms with Crippen LogP contribution in [0.25, 0.3) is 0 Å². The van der Waals surface area contributed by atoms with Crippen LogP contribution in [0.15, 0.2) is 42.2 Å². The summed E-state index contributed by atoms with van der Waals surface area (Å²) in [6, 6.07) is 9.79. The Balaban J connectivity index is 2.12. The molecule has 0 aromatic heterocycles. The van der Waals surface area contributed by atoms with E-state index < -0.39 is 0 Å². The molecule has 1 aromatic rings. The molecule has 0 atom stereocenters. The number of nitrogens with zero attached hydrogens (tertiary/aromatic N) is 2. The zero-order chi connectivity index (χ0) is 12.8. The highest BCUT2D eigenvalue weighted by Gasteiger charge is 2.16. The Morgan fingerprint density at radius 1 is 1.33 bits per heavy atom. The van der Waals surface area contributed by atoms with E-state index in [0.717, 1.165) is 17.5 Å². The van der Waals surface area contributed by atoms with Gasteiger partial charge in [0.15, 0.2) is 0 Å². The van der Waals surface area contributed by atoms with E-state index in [1.54, 1.807) is 0 Å². The first-order valence-corrected chi connectivity index (χ1v) is 5.96. The van der Waals surface area contributed by atoms with E-state index in [2.05, 4.69) is 0 Å². The first-order chi connectivity index (χ1) is 8.75. The van der Waals surface area contributed by atoms with Crippen LogP contribution in [0.2, 0.25) is 0 Å². The Morgan fingerprint density at radius 2 is 2.00 bits per heavy atom. The van der Waals surface area contributed by atoms with Crippen LogP contribution in [0.1, 0.15) is 5.56 Å². The van der Waals surface area contributed by atoms with E-state index in [-0.39, 0.29) is 4.92 Å². The molecule has 96 valence electrons. The van der Waals surface area contributed by atoms with E-state index in [1.165, 1.54) is 0 Å². The molecule has 5 heteroatoms. The fourth-order valence-corrected chi connectivity index (χ4v) is 2.02. The Hall–Kier alpha value is -1.88. The van der Waals surface area contributed by atoms with Gasteiger partial charge in [-0.1, -0.05) is 30.3 Å². The Morgan fingerprint density at radius 3 is 2.61 bits per heavy atom. The molecule has 1 aliphatic heterocycles. The molecule has 1 fully saturated rings. The molecule has 0 N–H and O–H groups in total. The van der Waals surface area contributed by atoms with Crippen LogP contribution in [-0.4, -0.2) is 36.1 Å². The number of ether oxygens (including phenoxy) is 1. The van der Waals surface area contributed by atoms with E-state index >= 15 is 0 Å². The molecular formula is C13H16N2O3. The van der Waals surface area contributed by atoms with Gasteiger partial charge in [0.05, 0.1) is 23.8 Å². The van der Waals surface area contributed by atoms with Gasteiger partial charge < -0.3 is 9.64 Å². The van der Waals surface area contributed by atoms with E-state index in [4.69, 9.17) is 4.74 Å². The number of hydrogen-bond donors (Lipinski definition) is 0. The van der Waals surface area contributed by atoms with Crippen molar-refractivity contribution in [1.82, 2.24) is 4.90 Å². The maximum absolute atomic E-state index is 10.7. The highest BCUT2D eigenvalue weighted by molar-refractivity contribution is 5.20. The number of nitro groups is 1. The highest BCUT2D eigenvalue weighted by Crippen LogP contribution is 2.14. The van der Waals surface area contributed by atoms with Gasteiger partial charge in [0, 0.05) is 19.5 Å². The van der Waals surface area contributed by atoms with Crippen LogP contribution in [0.5, 0.6) is 0 Å². The summed E-state index contributed by atoms with van der Waals surface area (Å²) in [4.78, 5) is 12.4. The monoisotopic (exact) mass is 248 g/mol. The predicted molar refractivity (Wildman–Crippen MR) is 67.6 cm³/mol. The zero-order valence-electron chi connectivity index (χ0n) is 10.1. The fraction of sp³-hybridized carbons (Fsp3) is 0.385. The lowest BCUT2D eigenvalue weighted by molar-refractivity contribution is -0.404. The van der Waals surface area contributed by atoms with Gasteiger partial charge in [-0.2, -0.15) is 0 Å². The van der Waals surface area contributed by atoms with E-state index in [9.17, 15) is 10.1 Å². The van der Waals surface area contributed by atoms with Crippen molar-refractivity contribution in [3.63, 3.8) is 0 Å². The Kier molecular flexibility index (Phi) is 4.30. The average molecular weight is 248 g/mol. The van der Waals surface area contributed by atoms with Crippen molar-refractivity contribution in [2.45, 2.75) is 6.42 Å². The number of rotatable bonds is 4. The van der Waals surface area contributed by atoms with Crippen LogP contribution < -0.4 is 0 Å². The maximum atomic E-state index is 10.7. The lowest BCUT2D eigenvalue weighted by Gasteiger charge is -2.29. The molecule has 1 heterocycles. The minimum Gasteiger partial charge on any atom is -0.378 e. The smallest absolute Gasteiger partial charge is 0.253 e. The summed E-state index contributed by atoms with van der Waals surface area (Å²) in [5.41, 5.74) is 1.83. The molecule has 0 saturated carbocycles. The first kappa shape index (κ1) is 12.6. The quantitative estimate of drug-likeness (QED) is 0.601. The van der Waals surface area contributed by atoms with Gasteiger partial charge in [0.2, 0.25) is 0 Å². The summed E-state index contributed by atoms with van der Waals surface area (Å²) >= 11 is 0. The van der Waals surface area contributed by atoms with Crippen molar-refractivity contribution < 1.29 is 9.66 Å². The third-order valence-corrected chi connectivity index (χ3v) is 2.90. The first-order valence-electron chi connectivity index (χ1n) is 5.96. The molecule has 18 heavy (non-hydrogen) atoms. The minimum atomic E-state index is -0.381. The largest absolute Gasteiger partial charge is 0.378 e. The van der Waals surface area contributed by atoms with E-state index in [0.29, 0.717) is 32.7 Å². The molecule has 2 rings (SSSR count). The maximum Gasteiger partial charge on any atom is 0.253 e.